The SMILES string of the molecule is CS(=O)(=O)c1ccc(-c2nc3c(OC(=O)C4CCC(C#Cc5ccccc5)CC4)ccc(OC(=O)C4CCC(C#Cc5ccccc5)CC4)c3o2)cc1. The van der Waals surface area contributed by atoms with Crippen molar-refractivity contribution in [1.29, 1.82) is 0 Å². The zero-order valence-electron chi connectivity index (χ0n) is 29.4. The molecule has 268 valence electrons. The fraction of sp³-hybridized carbons (Fsp3) is 0.295. The number of benzene rings is 4. The summed E-state index contributed by atoms with van der Waals surface area (Å²) in [6.07, 6.45) is 6.93. The Morgan fingerprint density at radius 2 is 1.11 bits per heavy atom. The van der Waals surface area contributed by atoms with E-state index in [4.69, 9.17) is 13.9 Å². The molecule has 5 aromatic rings. The number of carbonyl (C=O) groups is 2. The maximum Gasteiger partial charge on any atom is 0.314 e. The van der Waals surface area contributed by atoms with Gasteiger partial charge in [0, 0.05) is 34.8 Å². The first-order valence-electron chi connectivity index (χ1n) is 18.0. The first-order valence-corrected chi connectivity index (χ1v) is 19.9. The molecule has 0 radical (unpaired) electrons. The predicted molar refractivity (Wildman–Crippen MR) is 201 cm³/mol. The van der Waals surface area contributed by atoms with Crippen molar-refractivity contribution in [3.05, 3.63) is 108 Å². The molecule has 9 heteroatoms. The van der Waals surface area contributed by atoms with Gasteiger partial charge >= 0.3 is 11.9 Å². The van der Waals surface area contributed by atoms with Gasteiger partial charge in [-0.2, -0.15) is 0 Å². The number of sulfone groups is 1. The minimum Gasteiger partial charge on any atom is -0.432 e. The summed E-state index contributed by atoms with van der Waals surface area (Å²) in [5.74, 6) is 12.8. The van der Waals surface area contributed by atoms with Crippen molar-refractivity contribution in [3.63, 3.8) is 0 Å². The molecule has 0 amide bonds. The summed E-state index contributed by atoms with van der Waals surface area (Å²) in [6.45, 7) is 0. The normalized spacial score (nSPS) is 19.9. The minimum absolute atomic E-state index is 0.156. The number of aromatic nitrogens is 1. The maximum atomic E-state index is 13.5. The number of nitrogens with zero attached hydrogens (tertiary/aromatic N) is 1. The summed E-state index contributed by atoms with van der Waals surface area (Å²) < 4.78 is 42.2. The fourth-order valence-corrected chi connectivity index (χ4v) is 7.47. The van der Waals surface area contributed by atoms with Crippen LogP contribution < -0.4 is 9.47 Å². The largest absolute Gasteiger partial charge is 0.432 e. The van der Waals surface area contributed by atoms with Gasteiger partial charge in [-0.1, -0.05) is 60.1 Å². The number of carbonyl (C=O) groups excluding carboxylic acids is 2. The van der Waals surface area contributed by atoms with E-state index in [-0.39, 0.29) is 69.0 Å². The van der Waals surface area contributed by atoms with Crippen LogP contribution in [0.25, 0.3) is 22.6 Å². The highest BCUT2D eigenvalue weighted by molar-refractivity contribution is 7.90. The molecule has 53 heavy (non-hydrogen) atoms. The second-order valence-electron chi connectivity index (χ2n) is 13.8. The van der Waals surface area contributed by atoms with Crippen molar-refractivity contribution in [3.8, 4) is 46.6 Å². The number of hydrogen-bond acceptors (Lipinski definition) is 8. The molecule has 1 heterocycles. The number of rotatable bonds is 6. The summed E-state index contributed by atoms with van der Waals surface area (Å²) in [6, 6.07) is 29.0. The van der Waals surface area contributed by atoms with Crippen molar-refractivity contribution in [2.75, 3.05) is 6.26 Å². The second-order valence-corrected chi connectivity index (χ2v) is 15.8. The molecule has 0 bridgehead atoms. The van der Waals surface area contributed by atoms with Gasteiger partial charge in [-0.05, 0) is 112 Å². The van der Waals surface area contributed by atoms with E-state index in [0.717, 1.165) is 43.1 Å². The van der Waals surface area contributed by atoms with Crippen LogP contribution in [0.15, 0.2) is 106 Å². The summed E-state index contributed by atoms with van der Waals surface area (Å²) in [7, 11) is -3.41. The summed E-state index contributed by atoms with van der Waals surface area (Å²) in [5, 5.41) is 0. The van der Waals surface area contributed by atoms with Gasteiger partial charge in [0.05, 0.1) is 16.7 Å². The summed E-state index contributed by atoms with van der Waals surface area (Å²) >= 11 is 0. The molecule has 0 spiro atoms. The number of esters is 2. The number of ether oxygens (including phenoxy) is 2. The van der Waals surface area contributed by atoms with Crippen LogP contribution >= 0.6 is 0 Å². The predicted octanol–water partition coefficient (Wildman–Crippen LogP) is 8.43. The molecule has 2 saturated carbocycles. The quantitative estimate of drug-likeness (QED) is 0.0975. The Morgan fingerprint density at radius 1 is 0.642 bits per heavy atom. The van der Waals surface area contributed by atoms with Gasteiger partial charge < -0.3 is 13.9 Å². The standard InChI is InChI=1S/C44H39NO7S/c1-53(48,49)37-26-24-34(25-27-37)42-45-40-38(50-43(46)35-20-16-32(17-21-35)14-12-30-8-4-2-5-9-30)28-29-39(41(40)52-42)51-44(47)36-22-18-33(19-23-36)15-13-31-10-6-3-7-11-31/h2-11,24-29,32-33,35-36H,16-23H2,1H3. The van der Waals surface area contributed by atoms with E-state index < -0.39 is 9.84 Å². The monoisotopic (exact) mass is 725 g/mol. The lowest BCUT2D eigenvalue weighted by atomic mass is 9.82. The minimum atomic E-state index is -3.41. The lowest BCUT2D eigenvalue weighted by molar-refractivity contribution is -0.141. The van der Waals surface area contributed by atoms with E-state index in [1.165, 1.54) is 12.1 Å². The zero-order valence-corrected chi connectivity index (χ0v) is 30.2. The second kappa shape index (κ2) is 15.9. The number of oxazole rings is 1. The van der Waals surface area contributed by atoms with Crippen LogP contribution in [0.1, 0.15) is 62.5 Å². The first-order chi connectivity index (χ1) is 25.7. The van der Waals surface area contributed by atoms with Gasteiger partial charge in [0.15, 0.2) is 26.9 Å². The van der Waals surface area contributed by atoms with Crippen LogP contribution in [0.5, 0.6) is 11.5 Å². The fourth-order valence-electron chi connectivity index (χ4n) is 6.84. The lowest BCUT2D eigenvalue weighted by Crippen LogP contribution is -2.26. The molecule has 0 N–H and O–H groups in total. The van der Waals surface area contributed by atoms with Crippen LogP contribution in [-0.4, -0.2) is 31.6 Å². The Labute approximate surface area is 309 Å². The molecule has 2 aliphatic carbocycles. The van der Waals surface area contributed by atoms with Gasteiger partial charge in [0.25, 0.3) is 0 Å². The summed E-state index contributed by atoms with van der Waals surface area (Å²) in [4.78, 5) is 31.7. The van der Waals surface area contributed by atoms with Crippen molar-refractivity contribution in [2.24, 2.45) is 23.7 Å². The molecule has 0 unspecified atom stereocenters. The molecule has 0 aliphatic heterocycles. The van der Waals surface area contributed by atoms with Crippen LogP contribution in [-0.2, 0) is 19.4 Å². The average Bonchev–Trinajstić information content (AvgIpc) is 3.65. The Morgan fingerprint density at radius 3 is 1.60 bits per heavy atom. The molecule has 4 aromatic carbocycles. The maximum absolute atomic E-state index is 13.5. The average molecular weight is 726 g/mol. The third kappa shape index (κ3) is 8.88. The number of fused-ring (bicyclic) bond motifs is 1. The molecule has 0 saturated heterocycles. The van der Waals surface area contributed by atoms with Crippen molar-refractivity contribution in [1.82, 2.24) is 4.98 Å². The topological polar surface area (TPSA) is 113 Å². The van der Waals surface area contributed by atoms with Gasteiger partial charge in [0.1, 0.15) is 0 Å². The van der Waals surface area contributed by atoms with Crippen molar-refractivity contribution >= 4 is 32.9 Å². The zero-order chi connectivity index (χ0) is 36.8. The van der Waals surface area contributed by atoms with Crippen LogP contribution in [0.3, 0.4) is 0 Å². The molecular weight excluding hydrogens is 687 g/mol. The van der Waals surface area contributed by atoms with E-state index in [9.17, 15) is 18.0 Å². The highest BCUT2D eigenvalue weighted by Gasteiger charge is 2.31. The molecule has 2 aliphatic rings. The van der Waals surface area contributed by atoms with Crippen LogP contribution in [0.4, 0.5) is 0 Å². The van der Waals surface area contributed by atoms with Gasteiger partial charge in [0.2, 0.25) is 11.5 Å². The van der Waals surface area contributed by atoms with Crippen LogP contribution in [0.2, 0.25) is 0 Å². The van der Waals surface area contributed by atoms with Crippen molar-refractivity contribution in [2.45, 2.75) is 56.3 Å². The summed E-state index contributed by atoms with van der Waals surface area (Å²) in [5.41, 5.74) is 2.85. The van der Waals surface area contributed by atoms with E-state index in [0.29, 0.717) is 31.2 Å². The molecule has 8 nitrogen and oxygen atoms in total. The lowest BCUT2D eigenvalue weighted by Gasteiger charge is -2.24. The smallest absolute Gasteiger partial charge is 0.314 e. The molecular formula is C44H39NO7S. The Bertz CT molecular complexity index is 2200. The van der Waals surface area contributed by atoms with Gasteiger partial charge in [-0.3, -0.25) is 9.59 Å². The Balaban J connectivity index is 1.07. The van der Waals surface area contributed by atoms with E-state index in [2.05, 4.69) is 28.7 Å². The Hall–Kier alpha value is -5.64. The number of hydrogen-bond donors (Lipinski definition) is 0. The van der Waals surface area contributed by atoms with Crippen LogP contribution in [0, 0.1) is 47.4 Å². The van der Waals surface area contributed by atoms with E-state index >= 15 is 0 Å². The van der Waals surface area contributed by atoms with E-state index in [1.54, 1.807) is 24.3 Å². The molecule has 0 atom stereocenters. The molecule has 2 fully saturated rings. The Kier molecular flexibility index (Phi) is 10.8. The third-order valence-electron chi connectivity index (χ3n) is 9.93. The van der Waals surface area contributed by atoms with Gasteiger partial charge in [-0.25, -0.2) is 13.4 Å². The molecule has 1 aromatic heterocycles. The van der Waals surface area contributed by atoms with Crippen molar-refractivity contribution < 1.29 is 31.9 Å². The first kappa shape index (κ1) is 35.7. The van der Waals surface area contributed by atoms with E-state index in [1.807, 2.05) is 60.7 Å². The third-order valence-corrected chi connectivity index (χ3v) is 11.1. The highest BCUT2D eigenvalue weighted by Crippen LogP contribution is 2.39. The van der Waals surface area contributed by atoms with Gasteiger partial charge in [-0.15, -0.1) is 0 Å². The molecule has 7 rings (SSSR count). The highest BCUT2D eigenvalue weighted by atomic mass is 32.2.